The zero-order valence-corrected chi connectivity index (χ0v) is 16.8. The molecule has 1 saturated heterocycles. The van der Waals surface area contributed by atoms with Crippen molar-refractivity contribution in [1.29, 1.82) is 0 Å². The minimum Gasteiger partial charge on any atom is -0.356 e. The fraction of sp³-hybridized carbons (Fsp3) is 0.391. The van der Waals surface area contributed by atoms with Crippen LogP contribution in [-0.4, -0.2) is 40.0 Å². The first-order valence-electron chi connectivity index (χ1n) is 10.4. The van der Waals surface area contributed by atoms with E-state index in [9.17, 15) is 9.18 Å². The van der Waals surface area contributed by atoms with Gasteiger partial charge in [0.05, 0.1) is 23.5 Å². The van der Waals surface area contributed by atoms with Crippen LogP contribution in [0.15, 0.2) is 48.5 Å². The maximum Gasteiger partial charge on any atom is 0.224 e. The van der Waals surface area contributed by atoms with Crippen molar-refractivity contribution in [3.63, 3.8) is 0 Å². The molecule has 1 N–H and O–H groups in total. The van der Waals surface area contributed by atoms with E-state index in [0.29, 0.717) is 6.54 Å². The van der Waals surface area contributed by atoms with E-state index in [1.807, 2.05) is 24.3 Å². The molecule has 1 aromatic heterocycles. The average molecular weight is 394 g/mol. The van der Waals surface area contributed by atoms with Crippen LogP contribution in [0.5, 0.6) is 0 Å². The first-order chi connectivity index (χ1) is 14.2. The second kappa shape index (κ2) is 8.74. The lowest BCUT2D eigenvalue weighted by atomic mass is 9.97. The third kappa shape index (κ3) is 4.32. The minimum atomic E-state index is -0.253. The van der Waals surface area contributed by atoms with Gasteiger partial charge in [-0.05, 0) is 62.2 Å². The van der Waals surface area contributed by atoms with E-state index in [4.69, 9.17) is 4.98 Å². The van der Waals surface area contributed by atoms with Crippen LogP contribution < -0.4 is 5.32 Å². The number of rotatable bonds is 6. The molecule has 0 unspecified atom stereocenters. The Hall–Kier alpha value is -2.73. The molecular weight excluding hydrogens is 367 g/mol. The smallest absolute Gasteiger partial charge is 0.224 e. The summed E-state index contributed by atoms with van der Waals surface area (Å²) in [5.74, 6) is 0.839. The van der Waals surface area contributed by atoms with Crippen LogP contribution in [0.4, 0.5) is 4.39 Å². The van der Waals surface area contributed by atoms with Crippen molar-refractivity contribution in [2.24, 2.45) is 5.92 Å². The highest BCUT2D eigenvalue weighted by molar-refractivity contribution is 5.79. The van der Waals surface area contributed by atoms with Crippen LogP contribution in [0.25, 0.3) is 16.7 Å². The first kappa shape index (κ1) is 19.6. The van der Waals surface area contributed by atoms with Crippen molar-refractivity contribution >= 4 is 16.9 Å². The van der Waals surface area contributed by atoms with E-state index in [0.717, 1.165) is 61.4 Å². The number of fused-ring (bicyclic) bond motifs is 1. The average Bonchev–Trinajstić information content (AvgIpc) is 3.10. The molecule has 1 aliphatic heterocycles. The monoisotopic (exact) mass is 394 g/mol. The zero-order chi connectivity index (χ0) is 20.2. The maximum absolute atomic E-state index is 13.5. The number of likely N-dealkylation sites (tertiary alicyclic amines) is 1. The lowest BCUT2D eigenvalue weighted by molar-refractivity contribution is -0.126. The van der Waals surface area contributed by atoms with Gasteiger partial charge in [0.25, 0.3) is 0 Å². The number of halogens is 1. The van der Waals surface area contributed by atoms with Gasteiger partial charge in [-0.25, -0.2) is 9.37 Å². The molecule has 6 heteroatoms. The van der Waals surface area contributed by atoms with E-state index in [2.05, 4.69) is 21.7 Å². The predicted molar refractivity (Wildman–Crippen MR) is 112 cm³/mol. The Bertz CT molecular complexity index is 982. The van der Waals surface area contributed by atoms with E-state index < -0.39 is 0 Å². The first-order valence-corrected chi connectivity index (χ1v) is 10.4. The molecule has 0 spiro atoms. The Balaban J connectivity index is 1.60. The normalized spacial score (nSPS) is 17.5. The molecule has 0 radical (unpaired) electrons. The number of hydrogen-bond donors (Lipinski definition) is 1. The molecule has 29 heavy (non-hydrogen) atoms. The highest BCUT2D eigenvalue weighted by Gasteiger charge is 2.26. The van der Waals surface area contributed by atoms with Crippen LogP contribution in [-0.2, 0) is 11.3 Å². The zero-order valence-electron chi connectivity index (χ0n) is 16.8. The number of amides is 1. The molecule has 1 fully saturated rings. The summed E-state index contributed by atoms with van der Waals surface area (Å²) in [6, 6.07) is 14.5. The van der Waals surface area contributed by atoms with Gasteiger partial charge in [0.2, 0.25) is 5.91 Å². The van der Waals surface area contributed by atoms with Crippen LogP contribution in [0.2, 0.25) is 0 Å². The standard InChI is InChI=1S/C23H27FN4O/c1-2-13-25-23(29)17-6-5-14-27(15-17)16-22-26-20-7-3-4-8-21(20)28(22)19-11-9-18(24)10-12-19/h3-4,7-12,17H,2,5-6,13-16H2,1H3,(H,25,29)/t17-/m0/s1. The number of carbonyl (C=O) groups is 1. The van der Waals surface area contributed by atoms with E-state index >= 15 is 0 Å². The van der Waals surface area contributed by atoms with E-state index in [1.165, 1.54) is 12.1 Å². The summed E-state index contributed by atoms with van der Waals surface area (Å²) < 4.78 is 15.5. The predicted octanol–water partition coefficient (Wildman–Crippen LogP) is 3.90. The summed E-state index contributed by atoms with van der Waals surface area (Å²) in [5.41, 5.74) is 2.81. The number of nitrogens with one attached hydrogen (secondary N) is 1. The van der Waals surface area contributed by atoms with Gasteiger partial charge in [0.1, 0.15) is 11.6 Å². The molecule has 1 amide bonds. The quantitative estimate of drug-likeness (QED) is 0.690. The van der Waals surface area contributed by atoms with Gasteiger partial charge < -0.3 is 5.32 Å². The van der Waals surface area contributed by atoms with Crippen molar-refractivity contribution in [2.45, 2.75) is 32.7 Å². The van der Waals surface area contributed by atoms with Crippen LogP contribution in [0.1, 0.15) is 32.0 Å². The molecule has 0 bridgehead atoms. The highest BCUT2D eigenvalue weighted by Crippen LogP contribution is 2.25. The summed E-state index contributed by atoms with van der Waals surface area (Å²) in [6.07, 6.45) is 2.88. The third-order valence-electron chi connectivity index (χ3n) is 5.51. The number of hydrogen-bond acceptors (Lipinski definition) is 3. The van der Waals surface area contributed by atoms with Crippen molar-refractivity contribution < 1.29 is 9.18 Å². The number of benzene rings is 2. The lowest BCUT2D eigenvalue weighted by Gasteiger charge is -2.31. The number of para-hydroxylation sites is 2. The minimum absolute atomic E-state index is 0.0268. The van der Waals surface area contributed by atoms with Gasteiger partial charge >= 0.3 is 0 Å². The molecule has 0 aliphatic carbocycles. The molecule has 3 aromatic rings. The summed E-state index contributed by atoms with van der Waals surface area (Å²) >= 11 is 0. The molecule has 2 aromatic carbocycles. The largest absolute Gasteiger partial charge is 0.356 e. The van der Waals surface area contributed by atoms with Crippen LogP contribution >= 0.6 is 0 Å². The molecule has 152 valence electrons. The second-order valence-electron chi connectivity index (χ2n) is 7.69. The number of imidazole rings is 1. The van der Waals surface area contributed by atoms with Crippen molar-refractivity contribution in [3.05, 3.63) is 60.2 Å². The molecule has 1 atom stereocenters. The number of piperidine rings is 1. The van der Waals surface area contributed by atoms with Crippen molar-refractivity contribution in [1.82, 2.24) is 19.8 Å². The summed E-state index contributed by atoms with van der Waals surface area (Å²) in [5, 5.41) is 3.03. The van der Waals surface area contributed by atoms with Crippen molar-refractivity contribution in [3.8, 4) is 5.69 Å². The summed E-state index contributed by atoms with van der Waals surface area (Å²) in [6.45, 7) is 5.14. The number of carbonyl (C=O) groups excluding carboxylic acids is 1. The van der Waals surface area contributed by atoms with E-state index in [1.54, 1.807) is 12.1 Å². The maximum atomic E-state index is 13.5. The Morgan fingerprint density at radius 3 is 2.79 bits per heavy atom. The number of nitrogens with zero attached hydrogens (tertiary/aromatic N) is 3. The van der Waals surface area contributed by atoms with Gasteiger partial charge in [-0.1, -0.05) is 19.1 Å². The summed E-state index contributed by atoms with van der Waals surface area (Å²) in [7, 11) is 0. The van der Waals surface area contributed by atoms with Gasteiger partial charge in [-0.2, -0.15) is 0 Å². The second-order valence-corrected chi connectivity index (χ2v) is 7.69. The van der Waals surface area contributed by atoms with Gasteiger partial charge in [0, 0.05) is 18.8 Å². The fourth-order valence-electron chi connectivity index (χ4n) is 4.07. The number of aromatic nitrogens is 2. The fourth-order valence-corrected chi connectivity index (χ4v) is 4.07. The Labute approximate surface area is 170 Å². The van der Waals surface area contributed by atoms with Gasteiger partial charge in [-0.3, -0.25) is 14.3 Å². The Morgan fingerprint density at radius 1 is 1.21 bits per heavy atom. The van der Waals surface area contributed by atoms with E-state index in [-0.39, 0.29) is 17.6 Å². The van der Waals surface area contributed by atoms with Gasteiger partial charge in [0.15, 0.2) is 0 Å². The van der Waals surface area contributed by atoms with Crippen molar-refractivity contribution in [2.75, 3.05) is 19.6 Å². The molecular formula is C23H27FN4O. The van der Waals surface area contributed by atoms with Gasteiger partial charge in [-0.15, -0.1) is 0 Å². The molecule has 1 aliphatic rings. The van der Waals surface area contributed by atoms with Crippen LogP contribution in [0, 0.1) is 11.7 Å². The molecule has 4 rings (SSSR count). The SMILES string of the molecule is CCCNC(=O)[C@H]1CCCN(Cc2nc3ccccc3n2-c2ccc(F)cc2)C1. The Kier molecular flexibility index (Phi) is 5.90. The third-order valence-corrected chi connectivity index (χ3v) is 5.51. The Morgan fingerprint density at radius 2 is 2.00 bits per heavy atom. The van der Waals surface area contributed by atoms with Crippen LogP contribution in [0.3, 0.4) is 0 Å². The summed E-state index contributed by atoms with van der Waals surface area (Å²) in [4.78, 5) is 19.6. The topological polar surface area (TPSA) is 50.2 Å². The lowest BCUT2D eigenvalue weighted by Crippen LogP contribution is -2.43. The molecule has 2 heterocycles. The molecule has 5 nitrogen and oxygen atoms in total. The highest BCUT2D eigenvalue weighted by atomic mass is 19.1. The molecule has 0 saturated carbocycles.